The van der Waals surface area contributed by atoms with Crippen molar-refractivity contribution in [3.63, 3.8) is 0 Å². The van der Waals surface area contributed by atoms with Gasteiger partial charge in [-0.1, -0.05) is 127 Å². The van der Waals surface area contributed by atoms with E-state index in [4.69, 9.17) is 8.83 Å². The highest BCUT2D eigenvalue weighted by molar-refractivity contribution is 6.13. The molecule has 12 rings (SSSR count). The van der Waals surface area contributed by atoms with Gasteiger partial charge in [0, 0.05) is 49.6 Å². The molecule has 0 saturated carbocycles. The summed E-state index contributed by atoms with van der Waals surface area (Å²) in [5.41, 5.74) is 12.5. The van der Waals surface area contributed by atoms with Gasteiger partial charge in [0.2, 0.25) is 0 Å². The van der Waals surface area contributed by atoms with Crippen molar-refractivity contribution in [1.82, 2.24) is 20.5 Å². The Hall–Kier alpha value is -6.96. The molecule has 0 bridgehead atoms. The summed E-state index contributed by atoms with van der Waals surface area (Å²) in [6.45, 7) is 0. The monoisotopic (exact) mass is 736 g/mol. The number of aromatic nitrogens is 1. The Kier molecular flexibility index (Phi) is 7.25. The molecule has 11 aromatic rings. The van der Waals surface area contributed by atoms with Crippen molar-refractivity contribution in [2.24, 2.45) is 0 Å². The van der Waals surface area contributed by atoms with E-state index in [9.17, 15) is 0 Å². The van der Waals surface area contributed by atoms with Gasteiger partial charge in [-0.25, -0.2) is 0 Å². The predicted molar refractivity (Wildman–Crippen MR) is 231 cm³/mol. The van der Waals surface area contributed by atoms with Gasteiger partial charge in [0.15, 0.2) is 0 Å². The molecule has 8 aromatic carbocycles. The Morgan fingerprint density at radius 1 is 0.368 bits per heavy atom. The lowest BCUT2D eigenvalue weighted by atomic mass is 9.99. The zero-order chi connectivity index (χ0) is 37.5. The van der Waals surface area contributed by atoms with Crippen LogP contribution >= 0.6 is 0 Å². The zero-order valence-electron chi connectivity index (χ0n) is 30.8. The number of furan rings is 2. The van der Waals surface area contributed by atoms with E-state index in [1.807, 2.05) is 0 Å². The molecule has 2 atom stereocenters. The maximum absolute atomic E-state index is 6.81. The average molecular weight is 737 g/mol. The van der Waals surface area contributed by atoms with Crippen molar-refractivity contribution in [1.29, 1.82) is 0 Å². The highest BCUT2D eigenvalue weighted by Gasteiger charge is 2.30. The Labute approximate surface area is 327 Å². The Bertz CT molecular complexity index is 3210. The van der Waals surface area contributed by atoms with Gasteiger partial charge < -0.3 is 13.4 Å². The summed E-state index contributed by atoms with van der Waals surface area (Å²) in [4.78, 5) is 0. The van der Waals surface area contributed by atoms with Crippen LogP contribution in [0.25, 0.3) is 82.5 Å². The molecule has 272 valence electrons. The third-order valence-electron chi connectivity index (χ3n) is 11.7. The number of fused-ring (bicyclic) bond motifs is 9. The molecule has 0 amide bonds. The molecule has 1 fully saturated rings. The normalized spacial score (nSPS) is 17.4. The SMILES string of the molecule is c1ccc(C2NC(c3ccccc3)NC(c3ccc4oc5ccc(-c6cccc7c6oc6cc(-n8c9ccccc9c9ccccc98)ccc67)cc5c4c3)N2)cc1. The first-order valence-electron chi connectivity index (χ1n) is 19.5. The van der Waals surface area contributed by atoms with Gasteiger partial charge in [-0.05, 0) is 70.8 Å². The largest absolute Gasteiger partial charge is 0.456 e. The molecule has 6 heteroatoms. The van der Waals surface area contributed by atoms with Crippen molar-refractivity contribution in [3.8, 4) is 16.8 Å². The van der Waals surface area contributed by atoms with Gasteiger partial charge >= 0.3 is 0 Å². The van der Waals surface area contributed by atoms with Crippen molar-refractivity contribution >= 4 is 65.7 Å². The highest BCUT2D eigenvalue weighted by atomic mass is 16.3. The second-order valence-corrected chi connectivity index (χ2v) is 15.0. The standard InChI is InChI=1S/C51H36N4O2/c1-3-12-31(13-4-1)49-52-50(32-14-5-2-6-15-32)54-51(53-49)34-23-27-46-42(29-34)41-28-33(22-26-45(41)56-46)36-18-11-19-40-39-25-24-35(30-47(39)57-48(36)40)55-43-20-9-7-16-37(43)38-17-8-10-21-44(38)55/h1-30,49-54H. The summed E-state index contributed by atoms with van der Waals surface area (Å²) in [6.07, 6.45) is -0.210. The summed E-state index contributed by atoms with van der Waals surface area (Å²) < 4.78 is 15.6. The van der Waals surface area contributed by atoms with E-state index < -0.39 is 0 Å². The molecule has 0 radical (unpaired) electrons. The van der Waals surface area contributed by atoms with Crippen LogP contribution in [0.3, 0.4) is 0 Å². The number of para-hydroxylation sites is 3. The molecule has 4 heterocycles. The fourth-order valence-electron chi connectivity index (χ4n) is 9.01. The summed E-state index contributed by atoms with van der Waals surface area (Å²) in [5, 5.41) is 18.2. The smallest absolute Gasteiger partial charge is 0.143 e. The quantitative estimate of drug-likeness (QED) is 0.164. The van der Waals surface area contributed by atoms with Crippen LogP contribution in [0.1, 0.15) is 35.2 Å². The van der Waals surface area contributed by atoms with Crippen molar-refractivity contribution < 1.29 is 8.83 Å². The molecule has 1 saturated heterocycles. The van der Waals surface area contributed by atoms with E-state index in [1.54, 1.807) is 0 Å². The molecule has 0 spiro atoms. The molecule has 57 heavy (non-hydrogen) atoms. The first-order chi connectivity index (χ1) is 28.2. The van der Waals surface area contributed by atoms with E-state index in [1.165, 1.54) is 32.9 Å². The predicted octanol–water partition coefficient (Wildman–Crippen LogP) is 12.4. The first kappa shape index (κ1) is 32.3. The highest BCUT2D eigenvalue weighted by Crippen LogP contribution is 2.41. The van der Waals surface area contributed by atoms with E-state index in [-0.39, 0.29) is 18.5 Å². The lowest BCUT2D eigenvalue weighted by molar-refractivity contribution is 0.203. The number of hydrogen-bond donors (Lipinski definition) is 3. The summed E-state index contributed by atoms with van der Waals surface area (Å²) in [7, 11) is 0. The fourth-order valence-corrected chi connectivity index (χ4v) is 9.01. The Balaban J connectivity index is 0.945. The van der Waals surface area contributed by atoms with Crippen LogP contribution < -0.4 is 16.0 Å². The van der Waals surface area contributed by atoms with Crippen molar-refractivity contribution in [2.45, 2.75) is 18.5 Å². The molecule has 6 nitrogen and oxygen atoms in total. The molecule has 3 N–H and O–H groups in total. The lowest BCUT2D eigenvalue weighted by Crippen LogP contribution is -2.54. The van der Waals surface area contributed by atoms with E-state index >= 15 is 0 Å². The van der Waals surface area contributed by atoms with Crippen LogP contribution in [0.4, 0.5) is 0 Å². The number of hydrogen-bond acceptors (Lipinski definition) is 5. The number of nitrogens with one attached hydrogen (secondary N) is 3. The summed E-state index contributed by atoms with van der Waals surface area (Å²) >= 11 is 0. The van der Waals surface area contributed by atoms with Crippen LogP contribution in [0.15, 0.2) is 191 Å². The second kappa shape index (κ2) is 12.8. The van der Waals surface area contributed by atoms with Crippen molar-refractivity contribution in [2.75, 3.05) is 0 Å². The molecule has 1 aliphatic heterocycles. The van der Waals surface area contributed by atoms with Gasteiger partial charge in [0.1, 0.15) is 22.3 Å². The first-order valence-corrected chi connectivity index (χ1v) is 19.5. The Morgan fingerprint density at radius 3 is 1.63 bits per heavy atom. The molecule has 0 aliphatic carbocycles. The Morgan fingerprint density at radius 2 is 0.947 bits per heavy atom. The van der Waals surface area contributed by atoms with E-state index in [0.29, 0.717) is 0 Å². The van der Waals surface area contributed by atoms with Gasteiger partial charge in [0.05, 0.1) is 29.5 Å². The molecular weight excluding hydrogens is 701 g/mol. The van der Waals surface area contributed by atoms with Gasteiger partial charge in [-0.2, -0.15) is 0 Å². The molecule has 3 aromatic heterocycles. The summed E-state index contributed by atoms with van der Waals surface area (Å²) in [5.74, 6) is 0. The van der Waals surface area contributed by atoms with Gasteiger partial charge in [-0.3, -0.25) is 16.0 Å². The van der Waals surface area contributed by atoms with Gasteiger partial charge in [0.25, 0.3) is 0 Å². The maximum atomic E-state index is 6.81. The van der Waals surface area contributed by atoms with Crippen LogP contribution in [0.5, 0.6) is 0 Å². The third kappa shape index (κ3) is 5.23. The third-order valence-corrected chi connectivity index (χ3v) is 11.7. The minimum atomic E-state index is -0.115. The van der Waals surface area contributed by atoms with Crippen LogP contribution in [-0.2, 0) is 0 Å². The molecular formula is C51H36N4O2. The van der Waals surface area contributed by atoms with Crippen molar-refractivity contribution in [3.05, 3.63) is 199 Å². The van der Waals surface area contributed by atoms with Crippen LogP contribution in [0, 0.1) is 0 Å². The second-order valence-electron chi connectivity index (χ2n) is 15.0. The number of rotatable bonds is 5. The maximum Gasteiger partial charge on any atom is 0.143 e. The zero-order valence-corrected chi connectivity index (χ0v) is 30.8. The minimum absolute atomic E-state index is 0.0478. The average Bonchev–Trinajstić information content (AvgIpc) is 3.95. The van der Waals surface area contributed by atoms with E-state index in [2.05, 4.69) is 203 Å². The lowest BCUT2D eigenvalue weighted by Gasteiger charge is -2.39. The van der Waals surface area contributed by atoms with Gasteiger partial charge in [-0.15, -0.1) is 0 Å². The van der Waals surface area contributed by atoms with E-state index in [0.717, 1.165) is 66.3 Å². The minimum Gasteiger partial charge on any atom is -0.456 e. The number of nitrogens with zero attached hydrogens (tertiary/aromatic N) is 1. The fraction of sp³-hybridized carbons (Fsp3) is 0.0588. The molecule has 2 unspecified atom stereocenters. The van der Waals surface area contributed by atoms with Crippen LogP contribution in [-0.4, -0.2) is 4.57 Å². The number of benzene rings is 8. The topological polar surface area (TPSA) is 67.3 Å². The molecule has 1 aliphatic rings. The van der Waals surface area contributed by atoms with Crippen LogP contribution in [0.2, 0.25) is 0 Å². The summed E-state index contributed by atoms with van der Waals surface area (Å²) in [6, 6.07) is 64.4.